The summed E-state index contributed by atoms with van der Waals surface area (Å²) in [7, 11) is 1.82. The van der Waals surface area contributed by atoms with E-state index in [1.54, 1.807) is 4.90 Å². The van der Waals surface area contributed by atoms with Crippen LogP contribution in [-0.2, 0) is 4.79 Å². The first-order valence-corrected chi connectivity index (χ1v) is 6.82. The van der Waals surface area contributed by atoms with Gasteiger partial charge in [-0.05, 0) is 25.0 Å². The molecule has 0 fully saturated rings. The first-order chi connectivity index (χ1) is 9.19. The second kappa shape index (κ2) is 8.53. The van der Waals surface area contributed by atoms with Crippen molar-refractivity contribution in [2.24, 2.45) is 11.7 Å². The first-order valence-electron chi connectivity index (χ1n) is 6.82. The largest absolute Gasteiger partial charge is 0.494 e. The van der Waals surface area contributed by atoms with Crippen LogP contribution in [0.3, 0.4) is 0 Å². The number of hydrogen-bond donors (Lipinski definition) is 1. The molecule has 2 N–H and O–H groups in total. The molecule has 0 heterocycles. The van der Waals surface area contributed by atoms with Gasteiger partial charge in [0.05, 0.1) is 12.5 Å². The van der Waals surface area contributed by atoms with Gasteiger partial charge in [-0.1, -0.05) is 25.1 Å². The van der Waals surface area contributed by atoms with E-state index >= 15 is 0 Å². The monoisotopic (exact) mass is 264 g/mol. The maximum absolute atomic E-state index is 12.0. The minimum atomic E-state index is -0.0555. The van der Waals surface area contributed by atoms with Crippen LogP contribution >= 0.6 is 0 Å². The number of amides is 1. The van der Waals surface area contributed by atoms with Gasteiger partial charge in [-0.2, -0.15) is 0 Å². The Kier molecular flexibility index (Phi) is 6.97. The van der Waals surface area contributed by atoms with E-state index in [0.29, 0.717) is 19.7 Å². The molecular weight excluding hydrogens is 240 g/mol. The number of carbonyl (C=O) groups is 1. The van der Waals surface area contributed by atoms with E-state index in [4.69, 9.17) is 10.5 Å². The van der Waals surface area contributed by atoms with Crippen LogP contribution in [0.2, 0.25) is 0 Å². The Balaban J connectivity index is 2.23. The minimum absolute atomic E-state index is 0.0555. The average molecular weight is 264 g/mol. The highest BCUT2D eigenvalue weighted by Crippen LogP contribution is 2.09. The zero-order valence-corrected chi connectivity index (χ0v) is 11.8. The van der Waals surface area contributed by atoms with Gasteiger partial charge in [0.1, 0.15) is 5.75 Å². The molecule has 106 valence electrons. The molecule has 0 bridgehead atoms. The summed E-state index contributed by atoms with van der Waals surface area (Å²) in [4.78, 5) is 13.7. The van der Waals surface area contributed by atoms with E-state index in [1.165, 1.54) is 0 Å². The molecule has 1 aromatic rings. The number of benzene rings is 1. The smallest absolute Gasteiger partial charge is 0.226 e. The summed E-state index contributed by atoms with van der Waals surface area (Å²) in [6.45, 7) is 3.71. The van der Waals surface area contributed by atoms with Gasteiger partial charge in [0.15, 0.2) is 0 Å². The van der Waals surface area contributed by atoms with Crippen molar-refractivity contribution in [3.63, 3.8) is 0 Å². The van der Waals surface area contributed by atoms with Crippen LogP contribution in [0, 0.1) is 5.92 Å². The van der Waals surface area contributed by atoms with Crippen LogP contribution in [0.15, 0.2) is 30.3 Å². The van der Waals surface area contributed by atoms with Crippen LogP contribution in [0.25, 0.3) is 0 Å². The fraction of sp³-hybridized carbons (Fsp3) is 0.533. The number of rotatable bonds is 8. The maximum atomic E-state index is 12.0. The standard InChI is InChI=1S/C15H24N2O2/c1-3-13(12-16)15(18)17(2)10-7-11-19-14-8-5-4-6-9-14/h4-6,8-9,13H,3,7,10-12,16H2,1-2H3. The highest BCUT2D eigenvalue weighted by molar-refractivity contribution is 5.78. The van der Waals surface area contributed by atoms with Gasteiger partial charge in [0.2, 0.25) is 5.91 Å². The van der Waals surface area contributed by atoms with E-state index < -0.39 is 0 Å². The number of para-hydroxylation sites is 1. The van der Waals surface area contributed by atoms with Crippen molar-refractivity contribution in [2.75, 3.05) is 26.7 Å². The van der Waals surface area contributed by atoms with Crippen molar-refractivity contribution in [1.82, 2.24) is 4.90 Å². The Morgan fingerprint density at radius 3 is 2.63 bits per heavy atom. The molecule has 4 heteroatoms. The summed E-state index contributed by atoms with van der Waals surface area (Å²) < 4.78 is 5.59. The molecule has 4 nitrogen and oxygen atoms in total. The van der Waals surface area contributed by atoms with Gasteiger partial charge in [-0.15, -0.1) is 0 Å². The van der Waals surface area contributed by atoms with Gasteiger partial charge in [-0.3, -0.25) is 4.79 Å². The lowest BCUT2D eigenvalue weighted by molar-refractivity contribution is -0.134. The van der Waals surface area contributed by atoms with Gasteiger partial charge in [0.25, 0.3) is 0 Å². The molecule has 0 aliphatic carbocycles. The Bertz CT molecular complexity index is 364. The van der Waals surface area contributed by atoms with Crippen LogP contribution in [0.1, 0.15) is 19.8 Å². The highest BCUT2D eigenvalue weighted by atomic mass is 16.5. The SMILES string of the molecule is CCC(CN)C(=O)N(C)CCCOc1ccccc1. The second-order valence-electron chi connectivity index (χ2n) is 4.62. The van der Waals surface area contributed by atoms with E-state index in [1.807, 2.05) is 44.3 Å². The number of carbonyl (C=O) groups excluding carboxylic acids is 1. The maximum Gasteiger partial charge on any atom is 0.226 e. The number of nitrogens with two attached hydrogens (primary N) is 1. The fourth-order valence-electron chi connectivity index (χ4n) is 1.87. The summed E-state index contributed by atoms with van der Waals surface area (Å²) in [5, 5.41) is 0. The topological polar surface area (TPSA) is 55.6 Å². The van der Waals surface area contributed by atoms with Crippen molar-refractivity contribution in [3.8, 4) is 5.75 Å². The molecule has 0 saturated heterocycles. The fourth-order valence-corrected chi connectivity index (χ4v) is 1.87. The van der Waals surface area contributed by atoms with Crippen LogP contribution < -0.4 is 10.5 Å². The van der Waals surface area contributed by atoms with E-state index in [2.05, 4.69) is 0 Å². The minimum Gasteiger partial charge on any atom is -0.494 e. The Morgan fingerprint density at radius 1 is 1.37 bits per heavy atom. The molecule has 0 aliphatic heterocycles. The molecular formula is C15H24N2O2. The Labute approximate surface area is 115 Å². The zero-order chi connectivity index (χ0) is 14.1. The lowest BCUT2D eigenvalue weighted by Gasteiger charge is -2.22. The molecule has 1 unspecified atom stereocenters. The van der Waals surface area contributed by atoms with E-state index in [0.717, 1.165) is 18.6 Å². The third-order valence-electron chi connectivity index (χ3n) is 3.15. The first kappa shape index (κ1) is 15.5. The molecule has 1 aromatic carbocycles. The lowest BCUT2D eigenvalue weighted by atomic mass is 10.1. The Morgan fingerprint density at radius 2 is 2.05 bits per heavy atom. The molecule has 0 aromatic heterocycles. The number of hydrogen-bond acceptors (Lipinski definition) is 3. The second-order valence-corrected chi connectivity index (χ2v) is 4.62. The highest BCUT2D eigenvalue weighted by Gasteiger charge is 2.18. The molecule has 1 rings (SSSR count). The third kappa shape index (κ3) is 5.30. The number of nitrogens with zero attached hydrogens (tertiary/aromatic N) is 1. The molecule has 1 atom stereocenters. The van der Waals surface area contributed by atoms with E-state index in [-0.39, 0.29) is 11.8 Å². The lowest BCUT2D eigenvalue weighted by Crippen LogP contribution is -2.37. The summed E-state index contributed by atoms with van der Waals surface area (Å²) in [5.41, 5.74) is 5.58. The predicted molar refractivity (Wildman–Crippen MR) is 77.0 cm³/mol. The molecule has 1 amide bonds. The van der Waals surface area contributed by atoms with Crippen LogP contribution in [-0.4, -0.2) is 37.6 Å². The van der Waals surface area contributed by atoms with Crippen LogP contribution in [0.4, 0.5) is 0 Å². The summed E-state index contributed by atoms with van der Waals surface area (Å²) in [6, 6.07) is 9.69. The van der Waals surface area contributed by atoms with Gasteiger partial charge < -0.3 is 15.4 Å². The van der Waals surface area contributed by atoms with Crippen molar-refractivity contribution in [1.29, 1.82) is 0 Å². The molecule has 0 radical (unpaired) electrons. The zero-order valence-electron chi connectivity index (χ0n) is 11.8. The van der Waals surface area contributed by atoms with Crippen molar-refractivity contribution in [2.45, 2.75) is 19.8 Å². The quantitative estimate of drug-likeness (QED) is 0.730. The van der Waals surface area contributed by atoms with Gasteiger partial charge in [-0.25, -0.2) is 0 Å². The predicted octanol–water partition coefficient (Wildman–Crippen LogP) is 1.90. The molecule has 19 heavy (non-hydrogen) atoms. The van der Waals surface area contributed by atoms with Gasteiger partial charge in [0, 0.05) is 20.1 Å². The normalized spacial score (nSPS) is 11.9. The van der Waals surface area contributed by atoms with Crippen molar-refractivity contribution in [3.05, 3.63) is 30.3 Å². The number of ether oxygens (including phenoxy) is 1. The van der Waals surface area contributed by atoms with Gasteiger partial charge >= 0.3 is 0 Å². The summed E-state index contributed by atoms with van der Waals surface area (Å²) in [6.07, 6.45) is 1.61. The molecule has 0 aliphatic rings. The summed E-state index contributed by atoms with van der Waals surface area (Å²) >= 11 is 0. The molecule has 0 saturated carbocycles. The Hall–Kier alpha value is -1.55. The van der Waals surface area contributed by atoms with E-state index in [9.17, 15) is 4.79 Å². The third-order valence-corrected chi connectivity index (χ3v) is 3.15. The summed E-state index contributed by atoms with van der Waals surface area (Å²) in [5.74, 6) is 0.939. The average Bonchev–Trinajstić information content (AvgIpc) is 2.45. The molecule has 0 spiro atoms. The van der Waals surface area contributed by atoms with Crippen molar-refractivity contribution >= 4 is 5.91 Å². The van der Waals surface area contributed by atoms with Crippen molar-refractivity contribution < 1.29 is 9.53 Å². The van der Waals surface area contributed by atoms with Crippen LogP contribution in [0.5, 0.6) is 5.75 Å².